The molecule has 2 amide bonds. The number of likely N-dealkylation sites (tertiary alicyclic amines) is 1. The minimum absolute atomic E-state index is 0.0129. The van der Waals surface area contributed by atoms with Crippen LogP contribution >= 0.6 is 0 Å². The summed E-state index contributed by atoms with van der Waals surface area (Å²) in [7, 11) is 1.62. The van der Waals surface area contributed by atoms with Gasteiger partial charge in [-0.05, 0) is 44.0 Å². The van der Waals surface area contributed by atoms with E-state index in [2.05, 4.69) is 10.3 Å². The molecule has 1 aliphatic heterocycles. The van der Waals surface area contributed by atoms with Crippen molar-refractivity contribution >= 4 is 11.8 Å². The molecule has 2 aromatic rings. The van der Waals surface area contributed by atoms with Crippen molar-refractivity contribution < 1.29 is 14.3 Å². The first-order valence-electron chi connectivity index (χ1n) is 9.23. The molecule has 2 heterocycles. The minimum atomic E-state index is -0.118. The van der Waals surface area contributed by atoms with Crippen LogP contribution in [0.5, 0.6) is 5.75 Å². The number of aromatic nitrogens is 1. The quantitative estimate of drug-likeness (QED) is 0.882. The zero-order valence-electron chi connectivity index (χ0n) is 15.8. The van der Waals surface area contributed by atoms with Crippen LogP contribution in [0.4, 0.5) is 0 Å². The number of ether oxygens (including phenoxy) is 1. The zero-order chi connectivity index (χ0) is 19.2. The number of para-hydroxylation sites is 1. The molecule has 0 bridgehead atoms. The highest BCUT2D eigenvalue weighted by atomic mass is 16.5. The van der Waals surface area contributed by atoms with Gasteiger partial charge in [-0.1, -0.05) is 18.2 Å². The van der Waals surface area contributed by atoms with Crippen LogP contribution in [0.3, 0.4) is 0 Å². The van der Waals surface area contributed by atoms with Crippen LogP contribution in [0.25, 0.3) is 0 Å². The lowest BCUT2D eigenvalue weighted by molar-refractivity contribution is -0.134. The number of nitrogens with zero attached hydrogens (tertiary/aromatic N) is 2. The number of carbonyl (C=O) groups excluding carboxylic acids is 2. The van der Waals surface area contributed by atoms with Crippen LogP contribution in [-0.4, -0.2) is 48.4 Å². The summed E-state index contributed by atoms with van der Waals surface area (Å²) in [4.78, 5) is 31.0. The Morgan fingerprint density at radius 2 is 1.85 bits per heavy atom. The molecule has 1 fully saturated rings. The van der Waals surface area contributed by atoms with Gasteiger partial charge in [0.25, 0.3) is 11.8 Å². The van der Waals surface area contributed by atoms with Crippen molar-refractivity contribution in [1.29, 1.82) is 0 Å². The average molecular weight is 367 g/mol. The first-order chi connectivity index (χ1) is 13.1. The van der Waals surface area contributed by atoms with Crippen molar-refractivity contribution in [3.05, 3.63) is 59.4 Å². The molecule has 0 atom stereocenters. The van der Waals surface area contributed by atoms with E-state index in [4.69, 9.17) is 4.74 Å². The van der Waals surface area contributed by atoms with E-state index in [1.165, 1.54) is 0 Å². The first kappa shape index (κ1) is 18.9. The Labute approximate surface area is 159 Å². The molecule has 0 aliphatic carbocycles. The van der Waals surface area contributed by atoms with Gasteiger partial charge < -0.3 is 15.0 Å². The number of carbonyl (C=O) groups is 2. The largest absolute Gasteiger partial charge is 0.484 e. The number of hydrogen-bond acceptors (Lipinski definition) is 4. The number of nitrogens with one attached hydrogen (secondary N) is 1. The third-order valence-electron chi connectivity index (χ3n) is 4.88. The van der Waals surface area contributed by atoms with Crippen molar-refractivity contribution in [3.63, 3.8) is 0 Å². The molecule has 0 spiro atoms. The summed E-state index contributed by atoms with van der Waals surface area (Å²) in [6.45, 7) is 3.26. The summed E-state index contributed by atoms with van der Waals surface area (Å²) in [5, 5.41) is 2.68. The third kappa shape index (κ3) is 4.64. The van der Waals surface area contributed by atoms with Crippen molar-refractivity contribution in [2.45, 2.75) is 25.7 Å². The molecule has 6 nitrogen and oxygen atoms in total. The summed E-state index contributed by atoms with van der Waals surface area (Å²) in [6, 6.07) is 13.0. The molecule has 27 heavy (non-hydrogen) atoms. The molecule has 0 unspecified atom stereocenters. The Bertz CT molecular complexity index is 800. The van der Waals surface area contributed by atoms with Crippen LogP contribution < -0.4 is 10.1 Å². The van der Waals surface area contributed by atoms with Gasteiger partial charge in [0.2, 0.25) is 0 Å². The molecule has 3 rings (SSSR count). The lowest BCUT2D eigenvalue weighted by Gasteiger charge is -2.32. The molecule has 0 radical (unpaired) electrons. The molecule has 1 aromatic heterocycles. The van der Waals surface area contributed by atoms with E-state index in [0.29, 0.717) is 24.4 Å². The van der Waals surface area contributed by atoms with Crippen LogP contribution in [0, 0.1) is 6.92 Å². The maximum atomic E-state index is 12.4. The van der Waals surface area contributed by atoms with E-state index in [-0.39, 0.29) is 24.3 Å². The summed E-state index contributed by atoms with van der Waals surface area (Å²) in [6.07, 6.45) is 1.58. The van der Waals surface area contributed by atoms with Gasteiger partial charge in [-0.15, -0.1) is 0 Å². The summed E-state index contributed by atoms with van der Waals surface area (Å²) in [5.41, 5.74) is 2.36. The van der Waals surface area contributed by atoms with Crippen molar-refractivity contribution in [2.24, 2.45) is 0 Å². The van der Waals surface area contributed by atoms with Gasteiger partial charge in [-0.25, -0.2) is 0 Å². The number of aryl methyl sites for hydroxylation is 1. The van der Waals surface area contributed by atoms with Gasteiger partial charge in [0.05, 0.1) is 11.3 Å². The van der Waals surface area contributed by atoms with Crippen LogP contribution in [0.1, 0.15) is 40.5 Å². The molecule has 142 valence electrons. The van der Waals surface area contributed by atoms with E-state index < -0.39 is 0 Å². The van der Waals surface area contributed by atoms with Crippen molar-refractivity contribution in [1.82, 2.24) is 15.2 Å². The first-order valence-corrected chi connectivity index (χ1v) is 9.23. The van der Waals surface area contributed by atoms with Gasteiger partial charge in [-0.3, -0.25) is 14.6 Å². The normalized spacial score (nSPS) is 14.7. The molecule has 1 aromatic carbocycles. The minimum Gasteiger partial charge on any atom is -0.484 e. The van der Waals surface area contributed by atoms with Gasteiger partial charge in [-0.2, -0.15) is 0 Å². The average Bonchev–Trinajstić information content (AvgIpc) is 2.72. The standard InChI is InChI=1S/C21H25N3O3/c1-15-8-9-18(21(26)22-2)20(23-15)16-10-12-24(13-11-16)19(25)14-27-17-6-4-3-5-7-17/h3-9,16H,10-14H2,1-2H3,(H,22,26). The van der Waals surface area contributed by atoms with E-state index in [1.54, 1.807) is 7.05 Å². The highest BCUT2D eigenvalue weighted by Crippen LogP contribution is 2.29. The van der Waals surface area contributed by atoms with E-state index >= 15 is 0 Å². The molecule has 6 heteroatoms. The topological polar surface area (TPSA) is 71.5 Å². The van der Waals surface area contributed by atoms with Crippen LogP contribution in [0.15, 0.2) is 42.5 Å². The lowest BCUT2D eigenvalue weighted by Crippen LogP contribution is -2.41. The van der Waals surface area contributed by atoms with Crippen molar-refractivity contribution in [2.75, 3.05) is 26.7 Å². The molecular weight excluding hydrogens is 342 g/mol. The fourth-order valence-corrected chi connectivity index (χ4v) is 3.37. The number of rotatable bonds is 5. The maximum Gasteiger partial charge on any atom is 0.260 e. The van der Waals surface area contributed by atoms with Gasteiger partial charge >= 0.3 is 0 Å². The van der Waals surface area contributed by atoms with E-state index in [1.807, 2.05) is 54.3 Å². The molecular formula is C21H25N3O3. The molecule has 1 aliphatic rings. The SMILES string of the molecule is CNC(=O)c1ccc(C)nc1C1CCN(C(=O)COc2ccccc2)CC1. The zero-order valence-corrected chi connectivity index (χ0v) is 15.8. The summed E-state index contributed by atoms with van der Waals surface area (Å²) in [5.74, 6) is 0.740. The summed E-state index contributed by atoms with van der Waals surface area (Å²) >= 11 is 0. The second kappa shape index (κ2) is 8.66. The number of hydrogen-bond donors (Lipinski definition) is 1. The number of piperidine rings is 1. The molecule has 0 saturated carbocycles. The Hall–Kier alpha value is -2.89. The van der Waals surface area contributed by atoms with Crippen molar-refractivity contribution in [3.8, 4) is 5.75 Å². The third-order valence-corrected chi connectivity index (χ3v) is 4.88. The fraction of sp³-hybridized carbons (Fsp3) is 0.381. The van der Waals surface area contributed by atoms with Gasteiger partial charge in [0, 0.05) is 31.7 Å². The molecule has 1 saturated heterocycles. The second-order valence-corrected chi connectivity index (χ2v) is 6.72. The Kier molecular flexibility index (Phi) is 6.06. The fourth-order valence-electron chi connectivity index (χ4n) is 3.37. The predicted molar refractivity (Wildman–Crippen MR) is 103 cm³/mol. The Balaban J connectivity index is 1.59. The number of pyridine rings is 1. The maximum absolute atomic E-state index is 12.4. The highest BCUT2D eigenvalue weighted by Gasteiger charge is 2.27. The summed E-state index contributed by atoms with van der Waals surface area (Å²) < 4.78 is 5.56. The Morgan fingerprint density at radius 1 is 1.15 bits per heavy atom. The number of amides is 2. The number of benzene rings is 1. The molecule has 1 N–H and O–H groups in total. The van der Waals surface area contributed by atoms with E-state index in [9.17, 15) is 9.59 Å². The van der Waals surface area contributed by atoms with E-state index in [0.717, 1.165) is 24.2 Å². The van der Waals surface area contributed by atoms with Gasteiger partial charge in [0.1, 0.15) is 5.75 Å². The second-order valence-electron chi connectivity index (χ2n) is 6.72. The smallest absolute Gasteiger partial charge is 0.260 e. The monoisotopic (exact) mass is 367 g/mol. The van der Waals surface area contributed by atoms with Crippen LogP contribution in [-0.2, 0) is 4.79 Å². The van der Waals surface area contributed by atoms with Crippen LogP contribution in [0.2, 0.25) is 0 Å². The lowest BCUT2D eigenvalue weighted by atomic mass is 9.90. The predicted octanol–water partition coefficient (Wildman–Crippen LogP) is 2.53. The Morgan fingerprint density at radius 3 is 2.52 bits per heavy atom. The highest BCUT2D eigenvalue weighted by molar-refractivity contribution is 5.95. The van der Waals surface area contributed by atoms with Gasteiger partial charge in [0.15, 0.2) is 6.61 Å².